The van der Waals surface area contributed by atoms with Gasteiger partial charge in [-0.2, -0.15) is 13.2 Å². The zero-order chi connectivity index (χ0) is 32.9. The predicted octanol–water partition coefficient (Wildman–Crippen LogP) is 6.23. The van der Waals surface area contributed by atoms with Crippen LogP contribution in [-0.2, 0) is 18.0 Å². The lowest BCUT2D eigenvalue weighted by atomic mass is 9.95. The Morgan fingerprint density at radius 3 is 2.27 bits per heavy atom. The van der Waals surface area contributed by atoms with E-state index < -0.39 is 52.9 Å². The maximum atomic E-state index is 13.8. The molecule has 1 amide bonds. The number of benzene rings is 2. The summed E-state index contributed by atoms with van der Waals surface area (Å²) in [5.41, 5.74) is -0.811. The van der Waals surface area contributed by atoms with E-state index in [9.17, 15) is 36.3 Å². The number of rotatable bonds is 7. The smallest absolute Gasteiger partial charge is 0.417 e. The molecule has 0 spiro atoms. The molecular formula is C31H31F5N4O4. The Bertz CT molecular complexity index is 1750. The van der Waals surface area contributed by atoms with Crippen LogP contribution in [0, 0.1) is 25.5 Å². The summed E-state index contributed by atoms with van der Waals surface area (Å²) in [5, 5.41) is 13.9. The SMILES string of the molecule is CCC(C)Nc1cc(F)c(C(=O)NCC(=O)O)c(F)c1.Cc1ccc(-c2c(C(F)(F)F)cc(C)n(C)c2=O)c2ncccc12. The zero-order valence-corrected chi connectivity index (χ0v) is 24.6. The largest absolute Gasteiger partial charge is 0.480 e. The van der Waals surface area contributed by atoms with Gasteiger partial charge in [-0.05, 0) is 57.0 Å². The first kappa shape index (κ1) is 33.7. The molecule has 1 atom stereocenters. The normalized spacial score (nSPS) is 11.9. The van der Waals surface area contributed by atoms with Crippen LogP contribution in [0.25, 0.3) is 22.0 Å². The van der Waals surface area contributed by atoms with Gasteiger partial charge in [0.25, 0.3) is 11.5 Å². The molecule has 0 aliphatic heterocycles. The second-order valence-electron chi connectivity index (χ2n) is 10.1. The molecule has 0 saturated carbocycles. The van der Waals surface area contributed by atoms with E-state index in [2.05, 4.69) is 10.3 Å². The van der Waals surface area contributed by atoms with Crippen molar-refractivity contribution < 1.29 is 36.6 Å². The minimum Gasteiger partial charge on any atom is -0.480 e. The number of nitrogens with zero attached hydrogens (tertiary/aromatic N) is 2. The number of aromatic nitrogens is 2. The summed E-state index contributed by atoms with van der Waals surface area (Å²) < 4.78 is 69.3. The number of halogens is 5. The fourth-order valence-corrected chi connectivity index (χ4v) is 4.33. The maximum Gasteiger partial charge on any atom is 0.417 e. The lowest BCUT2D eigenvalue weighted by molar-refractivity contribution is -0.137. The van der Waals surface area contributed by atoms with Gasteiger partial charge in [-0.3, -0.25) is 19.4 Å². The number of amides is 1. The molecule has 0 aliphatic carbocycles. The van der Waals surface area contributed by atoms with E-state index in [1.165, 1.54) is 30.8 Å². The van der Waals surface area contributed by atoms with Crippen LogP contribution in [-0.4, -0.2) is 39.1 Å². The molecule has 2 aromatic heterocycles. The van der Waals surface area contributed by atoms with E-state index in [0.717, 1.165) is 35.6 Å². The number of carbonyl (C=O) groups excluding carboxylic acids is 1. The van der Waals surface area contributed by atoms with Crippen LogP contribution in [0.15, 0.2) is 53.5 Å². The molecule has 3 N–H and O–H groups in total. The highest BCUT2D eigenvalue weighted by atomic mass is 19.4. The summed E-state index contributed by atoms with van der Waals surface area (Å²) in [6.45, 7) is 6.39. The average molecular weight is 619 g/mol. The summed E-state index contributed by atoms with van der Waals surface area (Å²) in [5.74, 6) is -4.48. The van der Waals surface area contributed by atoms with Crippen molar-refractivity contribution in [3.8, 4) is 11.1 Å². The Kier molecular flexibility index (Phi) is 10.5. The van der Waals surface area contributed by atoms with Crippen molar-refractivity contribution in [3.05, 3.63) is 93.0 Å². The highest BCUT2D eigenvalue weighted by Crippen LogP contribution is 2.38. The van der Waals surface area contributed by atoms with Gasteiger partial charge in [0, 0.05) is 41.6 Å². The second kappa shape index (κ2) is 13.7. The number of nitrogens with one attached hydrogen (secondary N) is 2. The summed E-state index contributed by atoms with van der Waals surface area (Å²) in [6, 6.07) is 9.79. The quantitative estimate of drug-likeness (QED) is 0.212. The lowest BCUT2D eigenvalue weighted by Gasteiger charge is -2.17. The van der Waals surface area contributed by atoms with Gasteiger partial charge in [0.15, 0.2) is 0 Å². The Hall–Kier alpha value is -4.81. The van der Waals surface area contributed by atoms with Gasteiger partial charge in [0.2, 0.25) is 0 Å². The van der Waals surface area contributed by atoms with E-state index in [1.54, 1.807) is 18.2 Å². The van der Waals surface area contributed by atoms with Crippen LogP contribution in [0.4, 0.5) is 27.6 Å². The van der Waals surface area contributed by atoms with E-state index in [4.69, 9.17) is 5.11 Å². The van der Waals surface area contributed by atoms with Gasteiger partial charge in [-0.1, -0.05) is 25.1 Å². The van der Waals surface area contributed by atoms with Gasteiger partial charge >= 0.3 is 12.1 Å². The molecule has 0 fully saturated rings. The molecule has 13 heteroatoms. The van der Waals surface area contributed by atoms with Crippen LogP contribution >= 0.6 is 0 Å². The van der Waals surface area contributed by atoms with Crippen molar-refractivity contribution in [2.75, 3.05) is 11.9 Å². The molecule has 4 aromatic rings. The molecule has 0 bridgehead atoms. The summed E-state index contributed by atoms with van der Waals surface area (Å²) >= 11 is 0. The third kappa shape index (κ3) is 7.57. The molecule has 1 unspecified atom stereocenters. The van der Waals surface area contributed by atoms with Crippen molar-refractivity contribution >= 4 is 28.5 Å². The number of aliphatic carboxylic acids is 1. The number of carbonyl (C=O) groups is 2. The molecule has 44 heavy (non-hydrogen) atoms. The first-order valence-corrected chi connectivity index (χ1v) is 13.4. The highest BCUT2D eigenvalue weighted by molar-refractivity contribution is 5.97. The fraction of sp³-hybridized carbons (Fsp3) is 0.290. The molecular weight excluding hydrogens is 587 g/mol. The summed E-state index contributed by atoms with van der Waals surface area (Å²) in [4.78, 5) is 38.6. The van der Waals surface area contributed by atoms with Crippen LogP contribution in [0.5, 0.6) is 0 Å². The van der Waals surface area contributed by atoms with E-state index in [0.29, 0.717) is 5.52 Å². The molecule has 2 aromatic carbocycles. The predicted molar refractivity (Wildman–Crippen MR) is 157 cm³/mol. The monoisotopic (exact) mass is 618 g/mol. The Labute approximate surface area is 249 Å². The standard InChI is InChI=1S/C18H15F3N2O.C13H16F2N2O3/c1-10-6-7-13(16-12(10)5-4-8-22-16)15-14(18(19,20)21)9-11(2)23(3)17(15)24;1-3-7(2)17-8-4-9(14)12(10(15)5-8)13(20)16-6-11(18)19/h4-9H,1-3H3;4-5,7,17H,3,6H2,1-2H3,(H,16,20)(H,18,19). The number of hydrogen-bond acceptors (Lipinski definition) is 5. The Morgan fingerprint density at radius 2 is 1.70 bits per heavy atom. The first-order valence-electron chi connectivity index (χ1n) is 13.4. The van der Waals surface area contributed by atoms with Crippen LogP contribution < -0.4 is 16.2 Å². The van der Waals surface area contributed by atoms with Gasteiger partial charge in [-0.15, -0.1) is 0 Å². The highest BCUT2D eigenvalue weighted by Gasteiger charge is 2.36. The van der Waals surface area contributed by atoms with E-state index in [1.807, 2.05) is 26.1 Å². The Morgan fingerprint density at radius 1 is 1.07 bits per heavy atom. The van der Waals surface area contributed by atoms with Crippen LogP contribution in [0.1, 0.15) is 47.4 Å². The zero-order valence-electron chi connectivity index (χ0n) is 24.6. The minimum absolute atomic E-state index is 0.0282. The number of alkyl halides is 3. The number of anilines is 1. The number of aryl methyl sites for hydroxylation is 2. The Balaban J connectivity index is 0.000000245. The van der Waals surface area contributed by atoms with Gasteiger partial charge in [-0.25, -0.2) is 8.78 Å². The van der Waals surface area contributed by atoms with Gasteiger partial charge in [0.05, 0.1) is 16.6 Å². The molecule has 234 valence electrons. The average Bonchev–Trinajstić information content (AvgIpc) is 2.95. The summed E-state index contributed by atoms with van der Waals surface area (Å²) in [6.07, 6.45) is -2.35. The molecule has 2 heterocycles. The number of carboxylic acid groups (broad SMARTS) is 1. The van der Waals surface area contributed by atoms with Crippen molar-refractivity contribution in [3.63, 3.8) is 0 Å². The maximum absolute atomic E-state index is 13.8. The molecule has 8 nitrogen and oxygen atoms in total. The van der Waals surface area contributed by atoms with Crippen molar-refractivity contribution in [1.29, 1.82) is 0 Å². The molecule has 4 rings (SSSR count). The third-order valence-corrected chi connectivity index (χ3v) is 6.93. The molecule has 0 aliphatic rings. The number of hydrogen-bond donors (Lipinski definition) is 3. The van der Waals surface area contributed by atoms with Crippen molar-refractivity contribution in [1.82, 2.24) is 14.9 Å². The molecule has 0 radical (unpaired) electrons. The van der Waals surface area contributed by atoms with Gasteiger partial charge < -0.3 is 20.3 Å². The minimum atomic E-state index is -4.63. The summed E-state index contributed by atoms with van der Waals surface area (Å²) in [7, 11) is 1.46. The van der Waals surface area contributed by atoms with Crippen molar-refractivity contribution in [2.24, 2.45) is 7.05 Å². The topological polar surface area (TPSA) is 113 Å². The lowest BCUT2D eigenvalue weighted by Crippen LogP contribution is -2.30. The number of fused-ring (bicyclic) bond motifs is 1. The van der Waals surface area contributed by atoms with E-state index in [-0.39, 0.29) is 28.6 Å². The van der Waals surface area contributed by atoms with Crippen LogP contribution in [0.2, 0.25) is 0 Å². The van der Waals surface area contributed by atoms with Crippen molar-refractivity contribution in [2.45, 2.75) is 46.3 Å². The number of carboxylic acids is 1. The number of pyridine rings is 2. The fourth-order valence-electron chi connectivity index (χ4n) is 4.33. The molecule has 0 saturated heterocycles. The second-order valence-corrected chi connectivity index (χ2v) is 10.1. The van der Waals surface area contributed by atoms with E-state index >= 15 is 0 Å². The first-order chi connectivity index (χ1) is 20.6. The van der Waals surface area contributed by atoms with Gasteiger partial charge in [0.1, 0.15) is 23.7 Å². The third-order valence-electron chi connectivity index (χ3n) is 6.93. The van der Waals surface area contributed by atoms with Crippen LogP contribution in [0.3, 0.4) is 0 Å².